The zero-order chi connectivity index (χ0) is 10.7. The fourth-order valence-corrected chi connectivity index (χ4v) is 1.97. The van der Waals surface area contributed by atoms with Gasteiger partial charge in [0.05, 0.1) is 12.8 Å². The van der Waals surface area contributed by atoms with E-state index in [1.165, 1.54) is 12.0 Å². The van der Waals surface area contributed by atoms with Gasteiger partial charge in [-0.2, -0.15) is 5.10 Å². The number of hydrogen-bond donors (Lipinski definition) is 1. The second-order valence-corrected chi connectivity index (χ2v) is 4.25. The van der Waals surface area contributed by atoms with Gasteiger partial charge >= 0.3 is 0 Å². The van der Waals surface area contributed by atoms with Crippen molar-refractivity contribution in [1.82, 2.24) is 15.1 Å². The van der Waals surface area contributed by atoms with E-state index in [0.717, 1.165) is 31.5 Å². The summed E-state index contributed by atoms with van der Waals surface area (Å²) in [6.07, 6.45) is 5.41. The maximum Gasteiger partial charge on any atom is 0.0587 e. The van der Waals surface area contributed by atoms with Crippen molar-refractivity contribution < 1.29 is 4.74 Å². The molecule has 4 nitrogen and oxygen atoms in total. The Balaban J connectivity index is 1.68. The minimum absolute atomic E-state index is 0.730. The standard InChI is InChI=1S/C11H19N3O/c1-14-8-10(7-13-14)11-5-9(11)6-12-3-4-15-2/h7-9,11-12H,3-6H2,1-2H3. The third kappa shape index (κ3) is 2.79. The van der Waals surface area contributed by atoms with Crippen molar-refractivity contribution in [2.24, 2.45) is 13.0 Å². The van der Waals surface area contributed by atoms with E-state index in [4.69, 9.17) is 4.74 Å². The summed E-state index contributed by atoms with van der Waals surface area (Å²) in [5.41, 5.74) is 1.39. The Bertz CT molecular complexity index is 311. The van der Waals surface area contributed by atoms with Gasteiger partial charge in [0, 0.05) is 26.9 Å². The van der Waals surface area contributed by atoms with Crippen LogP contribution in [0, 0.1) is 5.92 Å². The van der Waals surface area contributed by atoms with Crippen LogP contribution in [0.25, 0.3) is 0 Å². The van der Waals surface area contributed by atoms with Crippen molar-refractivity contribution in [2.45, 2.75) is 12.3 Å². The summed E-state index contributed by atoms with van der Waals surface area (Å²) in [6, 6.07) is 0. The molecule has 0 aliphatic heterocycles. The lowest BCUT2D eigenvalue weighted by atomic mass is 10.2. The summed E-state index contributed by atoms with van der Waals surface area (Å²) < 4.78 is 6.86. The summed E-state index contributed by atoms with van der Waals surface area (Å²) in [5.74, 6) is 1.53. The first-order chi connectivity index (χ1) is 7.31. The summed E-state index contributed by atoms with van der Waals surface area (Å²) in [4.78, 5) is 0. The van der Waals surface area contributed by atoms with E-state index in [1.807, 2.05) is 17.9 Å². The number of methoxy groups -OCH3 is 1. The molecule has 1 fully saturated rings. The van der Waals surface area contributed by atoms with Crippen LogP contribution in [0.5, 0.6) is 0 Å². The lowest BCUT2D eigenvalue weighted by Gasteiger charge is -2.02. The number of ether oxygens (including phenoxy) is 1. The van der Waals surface area contributed by atoms with Gasteiger partial charge in [-0.15, -0.1) is 0 Å². The van der Waals surface area contributed by atoms with Crippen LogP contribution in [-0.2, 0) is 11.8 Å². The summed E-state index contributed by atoms with van der Waals surface area (Å²) >= 11 is 0. The van der Waals surface area contributed by atoms with Crippen LogP contribution in [0.1, 0.15) is 17.9 Å². The van der Waals surface area contributed by atoms with Gasteiger partial charge in [-0.05, 0) is 30.4 Å². The zero-order valence-electron chi connectivity index (χ0n) is 9.44. The first kappa shape index (κ1) is 10.6. The third-order valence-corrected chi connectivity index (χ3v) is 2.97. The Hall–Kier alpha value is -0.870. The Morgan fingerprint density at radius 2 is 2.53 bits per heavy atom. The normalized spacial score (nSPS) is 24.4. The predicted molar refractivity (Wildman–Crippen MR) is 58.8 cm³/mol. The summed E-state index contributed by atoms with van der Waals surface area (Å²) in [7, 11) is 3.70. The highest BCUT2D eigenvalue weighted by Crippen LogP contribution is 2.46. The fourth-order valence-electron chi connectivity index (χ4n) is 1.97. The molecule has 0 amide bonds. The van der Waals surface area contributed by atoms with Gasteiger partial charge in [0.25, 0.3) is 0 Å². The molecule has 1 aromatic heterocycles. The monoisotopic (exact) mass is 209 g/mol. The van der Waals surface area contributed by atoms with Gasteiger partial charge in [0.15, 0.2) is 0 Å². The first-order valence-corrected chi connectivity index (χ1v) is 5.49. The van der Waals surface area contributed by atoms with E-state index in [-0.39, 0.29) is 0 Å². The highest BCUT2D eigenvalue weighted by molar-refractivity contribution is 5.20. The van der Waals surface area contributed by atoms with Crippen LogP contribution in [0.2, 0.25) is 0 Å². The predicted octanol–water partition coefficient (Wildman–Crippen LogP) is 0.760. The number of nitrogens with zero attached hydrogens (tertiary/aromatic N) is 2. The second-order valence-electron chi connectivity index (χ2n) is 4.25. The zero-order valence-corrected chi connectivity index (χ0v) is 9.44. The molecular weight excluding hydrogens is 190 g/mol. The molecule has 0 bridgehead atoms. The molecule has 2 rings (SSSR count). The maximum atomic E-state index is 4.98. The minimum Gasteiger partial charge on any atom is -0.383 e. The molecule has 1 aliphatic rings. The number of rotatable bonds is 6. The molecule has 1 heterocycles. The van der Waals surface area contributed by atoms with Crippen LogP contribution in [-0.4, -0.2) is 36.6 Å². The molecule has 0 spiro atoms. The highest BCUT2D eigenvalue weighted by atomic mass is 16.5. The van der Waals surface area contributed by atoms with Gasteiger partial charge < -0.3 is 10.1 Å². The molecule has 0 radical (unpaired) electrons. The SMILES string of the molecule is COCCNCC1CC1c1cnn(C)c1. The average Bonchev–Trinajstić information content (AvgIpc) is 2.88. The van der Waals surface area contributed by atoms with Gasteiger partial charge in [-0.25, -0.2) is 0 Å². The Labute approximate surface area is 90.6 Å². The first-order valence-electron chi connectivity index (χ1n) is 5.49. The molecule has 0 aromatic carbocycles. The lowest BCUT2D eigenvalue weighted by Crippen LogP contribution is -2.21. The quantitative estimate of drug-likeness (QED) is 0.703. The fraction of sp³-hybridized carbons (Fsp3) is 0.727. The van der Waals surface area contributed by atoms with Crippen molar-refractivity contribution in [3.8, 4) is 0 Å². The number of nitrogens with one attached hydrogen (secondary N) is 1. The summed E-state index contributed by atoms with van der Waals surface area (Å²) in [5, 5.41) is 7.60. The van der Waals surface area contributed by atoms with Crippen molar-refractivity contribution in [1.29, 1.82) is 0 Å². The molecular formula is C11H19N3O. The molecule has 1 N–H and O–H groups in total. The van der Waals surface area contributed by atoms with Gasteiger partial charge in [0.1, 0.15) is 0 Å². The molecule has 1 aromatic rings. The van der Waals surface area contributed by atoms with E-state index in [9.17, 15) is 0 Å². The number of aromatic nitrogens is 2. The van der Waals surface area contributed by atoms with Crippen LogP contribution in [0.3, 0.4) is 0 Å². The molecule has 1 aliphatic carbocycles. The van der Waals surface area contributed by atoms with Crippen LogP contribution in [0.15, 0.2) is 12.4 Å². The second kappa shape index (κ2) is 4.77. The minimum atomic E-state index is 0.730. The largest absolute Gasteiger partial charge is 0.383 e. The van der Waals surface area contributed by atoms with Crippen LogP contribution >= 0.6 is 0 Å². The molecule has 2 unspecified atom stereocenters. The van der Waals surface area contributed by atoms with E-state index in [2.05, 4.69) is 16.6 Å². The molecule has 4 heteroatoms. The Kier molecular flexibility index (Phi) is 3.38. The van der Waals surface area contributed by atoms with E-state index >= 15 is 0 Å². The van der Waals surface area contributed by atoms with Crippen molar-refractivity contribution in [3.63, 3.8) is 0 Å². The molecule has 15 heavy (non-hydrogen) atoms. The number of aryl methyl sites for hydroxylation is 1. The lowest BCUT2D eigenvalue weighted by molar-refractivity contribution is 0.199. The van der Waals surface area contributed by atoms with Gasteiger partial charge in [-0.1, -0.05) is 0 Å². The highest BCUT2D eigenvalue weighted by Gasteiger charge is 2.38. The molecule has 84 valence electrons. The Morgan fingerprint density at radius 3 is 3.20 bits per heavy atom. The average molecular weight is 209 g/mol. The van der Waals surface area contributed by atoms with Crippen LogP contribution in [0.4, 0.5) is 0 Å². The van der Waals surface area contributed by atoms with E-state index < -0.39 is 0 Å². The van der Waals surface area contributed by atoms with Crippen LogP contribution < -0.4 is 5.32 Å². The third-order valence-electron chi connectivity index (χ3n) is 2.97. The van der Waals surface area contributed by atoms with Gasteiger partial charge in [0.2, 0.25) is 0 Å². The van der Waals surface area contributed by atoms with Gasteiger partial charge in [-0.3, -0.25) is 4.68 Å². The van der Waals surface area contributed by atoms with E-state index in [0.29, 0.717) is 0 Å². The molecule has 0 saturated heterocycles. The van der Waals surface area contributed by atoms with Crippen molar-refractivity contribution in [3.05, 3.63) is 18.0 Å². The number of hydrogen-bond acceptors (Lipinski definition) is 3. The summed E-state index contributed by atoms with van der Waals surface area (Å²) in [6.45, 7) is 2.85. The maximum absolute atomic E-state index is 4.98. The Morgan fingerprint density at radius 1 is 1.67 bits per heavy atom. The van der Waals surface area contributed by atoms with Crippen molar-refractivity contribution in [2.75, 3.05) is 26.8 Å². The van der Waals surface area contributed by atoms with E-state index in [1.54, 1.807) is 7.11 Å². The molecule has 1 saturated carbocycles. The smallest absolute Gasteiger partial charge is 0.0587 e. The molecule has 2 atom stereocenters. The van der Waals surface area contributed by atoms with Crippen molar-refractivity contribution >= 4 is 0 Å². The topological polar surface area (TPSA) is 39.1 Å².